The molecule has 3 nitrogen and oxygen atoms in total. The average molecular weight is 247 g/mol. The molecule has 1 aliphatic rings. The summed E-state index contributed by atoms with van der Waals surface area (Å²) in [6.45, 7) is 2.03. The zero-order valence-corrected chi connectivity index (χ0v) is 11.2. The molecule has 0 bridgehead atoms. The van der Waals surface area contributed by atoms with Gasteiger partial charge in [0, 0.05) is 31.1 Å². The second-order valence-corrected chi connectivity index (χ2v) is 5.90. The molecule has 88 valence electrons. The normalized spacial score (nSPS) is 21.7. The average Bonchev–Trinajstić information content (AvgIpc) is 2.76. The van der Waals surface area contributed by atoms with Gasteiger partial charge in [-0.15, -0.1) is 0 Å². The minimum absolute atomic E-state index is 0.782. The van der Waals surface area contributed by atoms with Crippen LogP contribution < -0.4 is 10.6 Å². The number of guanidine groups is 1. The summed E-state index contributed by atoms with van der Waals surface area (Å²) in [7, 11) is 1.83. The van der Waals surface area contributed by atoms with Crippen LogP contribution in [0.1, 0.15) is 12.8 Å². The lowest BCUT2D eigenvalue weighted by Gasteiger charge is -2.14. The molecule has 5 heteroatoms. The van der Waals surface area contributed by atoms with E-state index in [-0.39, 0.29) is 0 Å². The molecule has 15 heavy (non-hydrogen) atoms. The van der Waals surface area contributed by atoms with E-state index in [0.29, 0.717) is 0 Å². The Labute approximate surface area is 101 Å². The molecule has 1 fully saturated rings. The molecule has 0 aromatic heterocycles. The number of nitrogens with one attached hydrogen (secondary N) is 2. The van der Waals surface area contributed by atoms with Gasteiger partial charge in [0.15, 0.2) is 5.96 Å². The van der Waals surface area contributed by atoms with Gasteiger partial charge in [0.25, 0.3) is 0 Å². The third-order valence-electron chi connectivity index (χ3n) is 2.34. The van der Waals surface area contributed by atoms with Crippen LogP contribution in [0.15, 0.2) is 4.99 Å². The predicted molar refractivity (Wildman–Crippen MR) is 73.2 cm³/mol. The number of nitrogens with zero attached hydrogens (tertiary/aromatic N) is 1. The standard InChI is InChI=1S/C10H21N3S2/c1-11-10(12-5-7-14-2)13-8-9-4-3-6-15-9/h9H,3-8H2,1-2H3,(H2,11,12,13). The van der Waals surface area contributed by atoms with Crippen LogP contribution in [0.25, 0.3) is 0 Å². The number of rotatable bonds is 5. The van der Waals surface area contributed by atoms with Crippen molar-refractivity contribution in [3.63, 3.8) is 0 Å². The molecule has 1 heterocycles. The smallest absolute Gasteiger partial charge is 0.191 e. The molecule has 0 aromatic carbocycles. The summed E-state index contributed by atoms with van der Waals surface area (Å²) in [5, 5.41) is 7.46. The largest absolute Gasteiger partial charge is 0.356 e. The van der Waals surface area contributed by atoms with E-state index in [0.717, 1.165) is 30.1 Å². The predicted octanol–water partition coefficient (Wildman–Crippen LogP) is 1.41. The van der Waals surface area contributed by atoms with Crippen molar-refractivity contribution in [2.75, 3.05) is 37.9 Å². The van der Waals surface area contributed by atoms with Gasteiger partial charge in [-0.2, -0.15) is 23.5 Å². The number of aliphatic imine (C=N–C) groups is 1. The van der Waals surface area contributed by atoms with Crippen LogP contribution in [0, 0.1) is 0 Å². The van der Waals surface area contributed by atoms with Crippen molar-refractivity contribution in [1.82, 2.24) is 10.6 Å². The monoisotopic (exact) mass is 247 g/mol. The van der Waals surface area contributed by atoms with Gasteiger partial charge in [-0.3, -0.25) is 4.99 Å². The van der Waals surface area contributed by atoms with Gasteiger partial charge in [0.1, 0.15) is 0 Å². The van der Waals surface area contributed by atoms with Crippen LogP contribution in [-0.2, 0) is 0 Å². The Morgan fingerprint density at radius 2 is 2.40 bits per heavy atom. The van der Waals surface area contributed by atoms with Gasteiger partial charge in [-0.1, -0.05) is 0 Å². The molecule has 1 aliphatic heterocycles. The molecule has 0 aliphatic carbocycles. The van der Waals surface area contributed by atoms with Crippen molar-refractivity contribution in [3.8, 4) is 0 Å². The minimum atomic E-state index is 0.782. The molecule has 1 saturated heterocycles. The van der Waals surface area contributed by atoms with Crippen molar-refractivity contribution >= 4 is 29.5 Å². The molecule has 0 aromatic rings. The minimum Gasteiger partial charge on any atom is -0.356 e. The first-order valence-electron chi connectivity index (χ1n) is 5.42. The first kappa shape index (κ1) is 13.0. The molecule has 0 amide bonds. The van der Waals surface area contributed by atoms with E-state index in [1.807, 2.05) is 18.8 Å². The van der Waals surface area contributed by atoms with Crippen LogP contribution >= 0.6 is 23.5 Å². The fourth-order valence-electron chi connectivity index (χ4n) is 1.51. The van der Waals surface area contributed by atoms with Crippen LogP contribution in [0.3, 0.4) is 0 Å². The highest BCUT2D eigenvalue weighted by Gasteiger charge is 2.15. The van der Waals surface area contributed by atoms with Crippen molar-refractivity contribution in [1.29, 1.82) is 0 Å². The van der Waals surface area contributed by atoms with E-state index in [4.69, 9.17) is 0 Å². The van der Waals surface area contributed by atoms with E-state index >= 15 is 0 Å². The number of hydrogen-bond acceptors (Lipinski definition) is 3. The SMILES string of the molecule is CN=C(NCCSC)NCC1CCCS1. The van der Waals surface area contributed by atoms with Crippen LogP contribution in [0.4, 0.5) is 0 Å². The fourth-order valence-corrected chi connectivity index (χ4v) is 3.02. The van der Waals surface area contributed by atoms with Crippen molar-refractivity contribution in [2.45, 2.75) is 18.1 Å². The highest BCUT2D eigenvalue weighted by molar-refractivity contribution is 8.00. The molecule has 1 rings (SSSR count). The Kier molecular flexibility index (Phi) is 7.09. The van der Waals surface area contributed by atoms with E-state index in [9.17, 15) is 0 Å². The molecule has 1 atom stereocenters. The van der Waals surface area contributed by atoms with Gasteiger partial charge in [-0.05, 0) is 24.9 Å². The summed E-state index contributed by atoms with van der Waals surface area (Å²) in [5.74, 6) is 3.39. The molecular weight excluding hydrogens is 226 g/mol. The van der Waals surface area contributed by atoms with Gasteiger partial charge in [0.2, 0.25) is 0 Å². The Bertz CT molecular complexity index is 191. The topological polar surface area (TPSA) is 36.4 Å². The second-order valence-electron chi connectivity index (χ2n) is 3.51. The zero-order valence-electron chi connectivity index (χ0n) is 9.58. The molecule has 0 saturated carbocycles. The molecule has 2 N–H and O–H groups in total. The lowest BCUT2D eigenvalue weighted by Crippen LogP contribution is -2.40. The molecule has 0 radical (unpaired) electrons. The number of hydrogen-bond donors (Lipinski definition) is 2. The third-order valence-corrected chi connectivity index (χ3v) is 4.35. The summed E-state index contributed by atoms with van der Waals surface area (Å²) in [6, 6.07) is 0. The fraction of sp³-hybridized carbons (Fsp3) is 0.900. The first-order valence-corrected chi connectivity index (χ1v) is 7.86. The van der Waals surface area contributed by atoms with E-state index < -0.39 is 0 Å². The Morgan fingerprint density at radius 1 is 1.53 bits per heavy atom. The van der Waals surface area contributed by atoms with Crippen LogP contribution in [-0.4, -0.2) is 49.1 Å². The van der Waals surface area contributed by atoms with E-state index in [1.54, 1.807) is 0 Å². The Hall–Kier alpha value is -0.0300. The molecule has 1 unspecified atom stereocenters. The van der Waals surface area contributed by atoms with Gasteiger partial charge in [-0.25, -0.2) is 0 Å². The summed E-state index contributed by atoms with van der Waals surface area (Å²) >= 11 is 3.92. The maximum Gasteiger partial charge on any atom is 0.191 e. The van der Waals surface area contributed by atoms with Gasteiger partial charge >= 0.3 is 0 Å². The first-order chi connectivity index (χ1) is 7.36. The van der Waals surface area contributed by atoms with Crippen LogP contribution in [0.2, 0.25) is 0 Å². The molecular formula is C10H21N3S2. The third kappa shape index (κ3) is 5.56. The quantitative estimate of drug-likeness (QED) is 0.437. The summed E-state index contributed by atoms with van der Waals surface area (Å²) in [5.41, 5.74) is 0. The van der Waals surface area contributed by atoms with E-state index in [2.05, 4.69) is 33.6 Å². The Balaban J connectivity index is 2.10. The van der Waals surface area contributed by atoms with Gasteiger partial charge < -0.3 is 10.6 Å². The summed E-state index contributed by atoms with van der Waals surface area (Å²) < 4.78 is 0. The van der Waals surface area contributed by atoms with Crippen molar-refractivity contribution in [2.24, 2.45) is 4.99 Å². The lowest BCUT2D eigenvalue weighted by molar-refractivity contribution is 0.731. The number of thioether (sulfide) groups is 2. The maximum absolute atomic E-state index is 4.20. The van der Waals surface area contributed by atoms with Crippen molar-refractivity contribution < 1.29 is 0 Å². The van der Waals surface area contributed by atoms with Crippen molar-refractivity contribution in [3.05, 3.63) is 0 Å². The highest BCUT2D eigenvalue weighted by atomic mass is 32.2. The van der Waals surface area contributed by atoms with Crippen LogP contribution in [0.5, 0.6) is 0 Å². The summed E-state index contributed by atoms with van der Waals surface area (Å²) in [4.78, 5) is 4.20. The zero-order chi connectivity index (χ0) is 10.9. The van der Waals surface area contributed by atoms with E-state index in [1.165, 1.54) is 18.6 Å². The molecule has 0 spiro atoms. The maximum atomic E-state index is 4.20. The highest BCUT2D eigenvalue weighted by Crippen LogP contribution is 2.25. The Morgan fingerprint density at radius 3 is 3.00 bits per heavy atom. The lowest BCUT2D eigenvalue weighted by atomic mass is 10.2. The summed E-state index contributed by atoms with van der Waals surface area (Å²) in [6.07, 6.45) is 4.84. The second kappa shape index (κ2) is 8.16. The van der Waals surface area contributed by atoms with Gasteiger partial charge in [0.05, 0.1) is 0 Å².